The van der Waals surface area contributed by atoms with Gasteiger partial charge in [-0.15, -0.1) is 0 Å². The number of hydrogen-bond acceptors (Lipinski definition) is 0. The number of allylic oxidation sites excluding steroid dienone is 2. The summed E-state index contributed by atoms with van der Waals surface area (Å²) in [5, 5.41) is 0. The zero-order valence-electron chi connectivity index (χ0n) is 28.1. The molecule has 2 aliphatic carbocycles. The zero-order valence-corrected chi connectivity index (χ0v) is 32.7. The van der Waals surface area contributed by atoms with Crippen LogP contribution in [0.2, 0.25) is 20.4 Å². The first-order valence-electron chi connectivity index (χ1n) is 17.0. The third-order valence-corrected chi connectivity index (χ3v) is 70.2. The van der Waals surface area contributed by atoms with Gasteiger partial charge in [0.25, 0.3) is 0 Å². The van der Waals surface area contributed by atoms with Crippen molar-refractivity contribution in [2.45, 2.75) is 82.2 Å². The van der Waals surface area contributed by atoms with Gasteiger partial charge in [0.1, 0.15) is 0 Å². The van der Waals surface area contributed by atoms with Crippen molar-refractivity contribution in [1.29, 1.82) is 0 Å². The van der Waals surface area contributed by atoms with Crippen molar-refractivity contribution >= 4 is 17.6 Å². The van der Waals surface area contributed by atoms with Crippen molar-refractivity contribution in [1.82, 2.24) is 0 Å². The van der Waals surface area contributed by atoms with E-state index in [9.17, 15) is 0 Å². The molecule has 4 aromatic carbocycles. The molecule has 0 amide bonds. The van der Waals surface area contributed by atoms with E-state index in [1.807, 2.05) is 0 Å². The Hall–Kier alpha value is -2.55. The van der Waals surface area contributed by atoms with E-state index in [4.69, 9.17) is 0 Å². The van der Waals surface area contributed by atoms with E-state index in [-0.39, 0.29) is 0 Å². The van der Waals surface area contributed by atoms with Crippen LogP contribution in [0.3, 0.4) is 0 Å². The van der Waals surface area contributed by atoms with Crippen molar-refractivity contribution < 1.29 is 17.1 Å². The van der Waals surface area contributed by atoms with Crippen molar-refractivity contribution in [3.05, 3.63) is 130 Å². The first-order chi connectivity index (χ1) is 21.1. The molecular formula is C42H50HfSi. The SMILES string of the molecule is CCc1ccccc1-c1cccc2c1C=C[CH]2[Hf]([CH3])([CH3])([CH]1C=Cc2c(-c3ccccc3CC)cccc21)=[Si](C(C)C)C(C)C. The molecule has 2 aliphatic rings. The van der Waals surface area contributed by atoms with Gasteiger partial charge in [-0.3, -0.25) is 0 Å². The van der Waals surface area contributed by atoms with Crippen LogP contribution in [0.15, 0.2) is 97.1 Å². The minimum absolute atomic E-state index is 0.543. The Morgan fingerprint density at radius 2 is 0.932 bits per heavy atom. The average Bonchev–Trinajstić information content (AvgIpc) is 3.67. The van der Waals surface area contributed by atoms with Crippen LogP contribution in [-0.4, -0.2) is 5.49 Å². The van der Waals surface area contributed by atoms with Crippen LogP contribution in [0, 0.1) is 0 Å². The Morgan fingerprint density at radius 1 is 0.545 bits per heavy atom. The standard InChI is InChI=1S/2C17H15.C6H14Si.2CH3.Hf/c2*1-2-13-7-3-4-10-15(13)17-12-6-9-14-8-5-11-16(14)17;1-5(2)7-6(3)4;;;/h2*3-12H,2H2,1H3;5-6H,1-4H3;2*1H3;. The molecule has 2 heteroatoms. The van der Waals surface area contributed by atoms with Crippen molar-refractivity contribution in [2.24, 2.45) is 0 Å². The van der Waals surface area contributed by atoms with Gasteiger partial charge in [-0.05, 0) is 0 Å². The van der Waals surface area contributed by atoms with Gasteiger partial charge in [0, 0.05) is 0 Å². The normalized spacial score (nSPS) is 17.4. The third kappa shape index (κ3) is 4.87. The molecule has 0 nitrogen and oxygen atoms in total. The van der Waals surface area contributed by atoms with Crippen LogP contribution in [0.5, 0.6) is 0 Å². The molecule has 0 aromatic heterocycles. The maximum atomic E-state index is 2.90. The molecule has 226 valence electrons. The average molecular weight is 761 g/mol. The molecule has 0 N–H and O–H groups in total. The molecule has 0 saturated heterocycles. The molecule has 0 fully saturated rings. The molecule has 2 unspecified atom stereocenters. The number of fused-ring (bicyclic) bond motifs is 2. The van der Waals surface area contributed by atoms with Crippen LogP contribution in [0.25, 0.3) is 34.4 Å². The van der Waals surface area contributed by atoms with E-state index in [0.717, 1.165) is 23.9 Å². The Bertz CT molecular complexity index is 1730. The number of hydrogen-bond donors (Lipinski definition) is 0. The van der Waals surface area contributed by atoms with Crippen LogP contribution in [0.1, 0.15) is 82.3 Å². The Labute approximate surface area is 268 Å². The summed E-state index contributed by atoms with van der Waals surface area (Å²) in [6.07, 6.45) is 12.5. The second kappa shape index (κ2) is 12.0. The molecule has 0 heterocycles. The second-order valence-electron chi connectivity index (χ2n) is 14.7. The molecule has 0 aliphatic heterocycles. The summed E-state index contributed by atoms with van der Waals surface area (Å²) in [5.41, 5.74) is 15.4. The van der Waals surface area contributed by atoms with Gasteiger partial charge in [-0.2, -0.15) is 0 Å². The van der Waals surface area contributed by atoms with Gasteiger partial charge in [0.15, 0.2) is 0 Å². The topological polar surface area (TPSA) is 0 Å². The van der Waals surface area contributed by atoms with Crippen LogP contribution in [-0.2, 0) is 30.0 Å². The molecule has 2 atom stereocenters. The Balaban J connectivity index is 1.61. The summed E-state index contributed by atoms with van der Waals surface area (Å²) in [6, 6.07) is 32.5. The van der Waals surface area contributed by atoms with Crippen LogP contribution in [0.4, 0.5) is 0 Å². The van der Waals surface area contributed by atoms with E-state index >= 15 is 0 Å². The van der Waals surface area contributed by atoms with Gasteiger partial charge >= 0.3 is 270 Å². The van der Waals surface area contributed by atoms with Crippen LogP contribution >= 0.6 is 0 Å². The zero-order chi connectivity index (χ0) is 31.2. The molecule has 0 saturated carbocycles. The Kier molecular flexibility index (Phi) is 8.57. The van der Waals surface area contributed by atoms with E-state index < -0.39 is 22.6 Å². The summed E-state index contributed by atoms with van der Waals surface area (Å²) < 4.78 is 6.89. The number of rotatable bonds is 8. The molecule has 0 spiro atoms. The third-order valence-electron chi connectivity index (χ3n) is 11.3. The van der Waals surface area contributed by atoms with E-state index in [2.05, 4.69) is 160 Å². The van der Waals surface area contributed by atoms with Gasteiger partial charge in [-0.1, -0.05) is 0 Å². The van der Waals surface area contributed by atoms with Gasteiger partial charge in [-0.25, -0.2) is 0 Å². The molecular weight excluding hydrogens is 711 g/mol. The fraction of sp³-hybridized carbons (Fsp3) is 0.333. The van der Waals surface area contributed by atoms with Crippen LogP contribution < -0.4 is 0 Å². The maximum absolute atomic E-state index is 3.97. The molecule has 6 rings (SSSR count). The summed E-state index contributed by atoms with van der Waals surface area (Å²) in [4.78, 5) is 0. The first kappa shape index (κ1) is 31.4. The number of aryl methyl sites for hydroxylation is 2. The molecule has 44 heavy (non-hydrogen) atoms. The summed E-state index contributed by atoms with van der Waals surface area (Å²) in [5.74, 6) is 0. The minimum atomic E-state index is -3.97. The fourth-order valence-electron chi connectivity index (χ4n) is 9.92. The molecule has 0 bridgehead atoms. The molecule has 4 aromatic rings. The van der Waals surface area contributed by atoms with Gasteiger partial charge in [0.2, 0.25) is 0 Å². The fourth-order valence-corrected chi connectivity index (χ4v) is 81.8. The monoisotopic (exact) mass is 762 g/mol. The van der Waals surface area contributed by atoms with E-state index in [0.29, 0.717) is 7.35 Å². The summed E-state index contributed by atoms with van der Waals surface area (Å²) in [7, 11) is 0. The number of benzene rings is 4. The summed E-state index contributed by atoms with van der Waals surface area (Å²) in [6.45, 7) is 14.8. The summed E-state index contributed by atoms with van der Waals surface area (Å²) >= 11 is -3.97. The van der Waals surface area contributed by atoms with E-state index in [1.54, 1.807) is 11.1 Å². The van der Waals surface area contributed by atoms with Crippen molar-refractivity contribution in [3.8, 4) is 22.3 Å². The quantitative estimate of drug-likeness (QED) is 0.157. The van der Waals surface area contributed by atoms with Gasteiger partial charge in [0.05, 0.1) is 0 Å². The second-order valence-corrected chi connectivity index (χ2v) is 60.3. The van der Waals surface area contributed by atoms with Crippen molar-refractivity contribution in [2.75, 3.05) is 0 Å². The Morgan fingerprint density at radius 3 is 1.32 bits per heavy atom. The first-order valence-corrected chi connectivity index (χ1v) is 35.3. The van der Waals surface area contributed by atoms with Gasteiger partial charge < -0.3 is 0 Å². The predicted octanol–water partition coefficient (Wildman–Crippen LogP) is 12.6. The molecule has 0 radical (unpaired) electrons. The van der Waals surface area contributed by atoms with Crippen molar-refractivity contribution in [3.63, 3.8) is 0 Å². The predicted molar refractivity (Wildman–Crippen MR) is 194 cm³/mol. The van der Waals surface area contributed by atoms with E-state index in [1.165, 1.54) is 44.5 Å².